The molecule has 0 aromatic carbocycles. The van der Waals surface area contributed by atoms with Crippen molar-refractivity contribution in [3.05, 3.63) is 12.2 Å². The molecule has 3 rings (SSSR count). The van der Waals surface area contributed by atoms with Gasteiger partial charge >= 0.3 is 5.97 Å². The van der Waals surface area contributed by atoms with Gasteiger partial charge in [0.15, 0.2) is 0 Å². The molecule has 3 aliphatic rings. The Balaban J connectivity index is 1.87. The summed E-state index contributed by atoms with van der Waals surface area (Å²) in [6, 6.07) is 0. The summed E-state index contributed by atoms with van der Waals surface area (Å²) >= 11 is 0. The third-order valence-corrected chi connectivity index (χ3v) is 5.17. The molecule has 0 N–H and O–H groups in total. The van der Waals surface area contributed by atoms with Crippen molar-refractivity contribution in [2.75, 3.05) is 0 Å². The van der Waals surface area contributed by atoms with Gasteiger partial charge in [0.1, 0.15) is 6.10 Å². The fourth-order valence-electron chi connectivity index (χ4n) is 3.54. The summed E-state index contributed by atoms with van der Waals surface area (Å²) < 4.78 is 11.4. The van der Waals surface area contributed by atoms with Gasteiger partial charge in [0.2, 0.25) is 0 Å². The number of fused-ring (bicyclic) bond motifs is 2. The average Bonchev–Trinajstić information content (AvgIpc) is 2.86. The number of hydrogen-bond acceptors (Lipinski definition) is 3. The molecule has 2 aliphatic heterocycles. The Bertz CT molecular complexity index is 412. The Hall–Kier alpha value is -0.830. The van der Waals surface area contributed by atoms with E-state index in [-0.39, 0.29) is 23.6 Å². The lowest BCUT2D eigenvalue weighted by molar-refractivity contribution is -0.146. The van der Waals surface area contributed by atoms with Crippen LogP contribution in [0.15, 0.2) is 12.2 Å². The van der Waals surface area contributed by atoms with Gasteiger partial charge in [0.05, 0.1) is 17.1 Å². The van der Waals surface area contributed by atoms with Crippen molar-refractivity contribution >= 4 is 5.97 Å². The van der Waals surface area contributed by atoms with Crippen molar-refractivity contribution in [3.8, 4) is 0 Å². The minimum Gasteiger partial charge on any atom is -0.457 e. The monoisotopic (exact) mass is 250 g/mol. The molecule has 1 aliphatic carbocycles. The largest absolute Gasteiger partial charge is 0.457 e. The van der Waals surface area contributed by atoms with Crippen LogP contribution in [0.3, 0.4) is 0 Å². The number of esters is 1. The molecule has 2 heterocycles. The second-order valence-electron chi connectivity index (χ2n) is 6.81. The maximum Gasteiger partial charge on any atom is 0.312 e. The molecular weight excluding hydrogens is 228 g/mol. The van der Waals surface area contributed by atoms with E-state index >= 15 is 0 Å². The molecule has 4 atom stereocenters. The molecule has 0 amide bonds. The third-order valence-electron chi connectivity index (χ3n) is 5.17. The van der Waals surface area contributed by atoms with Gasteiger partial charge in [-0.2, -0.15) is 0 Å². The van der Waals surface area contributed by atoms with E-state index in [1.54, 1.807) is 0 Å². The molecule has 3 heteroatoms. The fraction of sp³-hybridized carbons (Fsp3) is 0.800. The van der Waals surface area contributed by atoms with E-state index in [4.69, 9.17) is 9.47 Å². The highest BCUT2D eigenvalue weighted by Gasteiger charge is 2.57. The van der Waals surface area contributed by atoms with E-state index in [0.29, 0.717) is 6.10 Å². The predicted octanol–water partition coefficient (Wildman–Crippen LogP) is 2.84. The minimum absolute atomic E-state index is 0.0386. The topological polar surface area (TPSA) is 38.8 Å². The van der Waals surface area contributed by atoms with Crippen LogP contribution in [0.2, 0.25) is 0 Å². The molecule has 100 valence electrons. The summed E-state index contributed by atoms with van der Waals surface area (Å²) in [4.78, 5) is 12.0. The molecule has 0 bridgehead atoms. The summed E-state index contributed by atoms with van der Waals surface area (Å²) in [5.41, 5.74) is 0.717. The van der Waals surface area contributed by atoms with Gasteiger partial charge in [-0.15, -0.1) is 0 Å². The van der Waals surface area contributed by atoms with Gasteiger partial charge in [-0.25, -0.2) is 0 Å². The zero-order valence-electron chi connectivity index (χ0n) is 11.5. The maximum atomic E-state index is 12.0. The van der Waals surface area contributed by atoms with Crippen LogP contribution < -0.4 is 0 Å². The summed E-state index contributed by atoms with van der Waals surface area (Å²) in [7, 11) is 0. The van der Waals surface area contributed by atoms with Gasteiger partial charge < -0.3 is 9.47 Å². The summed E-state index contributed by atoms with van der Waals surface area (Å²) in [5, 5.41) is 0. The smallest absolute Gasteiger partial charge is 0.312 e. The van der Waals surface area contributed by atoms with Gasteiger partial charge in [-0.3, -0.25) is 4.79 Å². The lowest BCUT2D eigenvalue weighted by Crippen LogP contribution is -2.30. The molecule has 0 spiro atoms. The standard InChI is InChI=1S/C15H22O3/c1-9-5-6-11-15(4,18-11)8-7-10-12(9)17-13(16)14(10,2)3/h10-12H,1,5-8H2,2-4H3/t10-,11?,12+,15?/m1/s1. The van der Waals surface area contributed by atoms with Crippen molar-refractivity contribution in [3.63, 3.8) is 0 Å². The molecule has 2 unspecified atom stereocenters. The zero-order chi connectivity index (χ0) is 13.1. The Morgan fingerprint density at radius 3 is 2.72 bits per heavy atom. The van der Waals surface area contributed by atoms with Crippen LogP contribution >= 0.6 is 0 Å². The van der Waals surface area contributed by atoms with Gasteiger partial charge in [-0.05, 0) is 52.0 Å². The van der Waals surface area contributed by atoms with Crippen molar-refractivity contribution in [1.29, 1.82) is 0 Å². The van der Waals surface area contributed by atoms with Crippen LogP contribution in [0.25, 0.3) is 0 Å². The van der Waals surface area contributed by atoms with Crippen LogP contribution in [0.5, 0.6) is 0 Å². The van der Waals surface area contributed by atoms with Crippen LogP contribution in [-0.4, -0.2) is 23.8 Å². The molecule has 0 aromatic heterocycles. The Morgan fingerprint density at radius 1 is 1.28 bits per heavy atom. The van der Waals surface area contributed by atoms with Gasteiger partial charge in [-0.1, -0.05) is 6.58 Å². The summed E-state index contributed by atoms with van der Waals surface area (Å²) in [5.74, 6) is 0.176. The van der Waals surface area contributed by atoms with Crippen molar-refractivity contribution in [1.82, 2.24) is 0 Å². The highest BCUT2D eigenvalue weighted by atomic mass is 16.6. The molecule has 1 saturated carbocycles. The lowest BCUT2D eigenvalue weighted by atomic mass is 9.73. The van der Waals surface area contributed by atoms with E-state index in [0.717, 1.165) is 31.3 Å². The van der Waals surface area contributed by atoms with Crippen LogP contribution in [0.1, 0.15) is 46.5 Å². The average molecular weight is 250 g/mol. The first-order chi connectivity index (χ1) is 8.34. The molecule has 3 fully saturated rings. The van der Waals surface area contributed by atoms with E-state index in [2.05, 4.69) is 13.5 Å². The molecule has 0 aromatic rings. The highest BCUT2D eigenvalue weighted by molar-refractivity contribution is 5.79. The Labute approximate surface area is 109 Å². The fourth-order valence-corrected chi connectivity index (χ4v) is 3.54. The number of carbonyl (C=O) groups is 1. The number of carbonyl (C=O) groups excluding carboxylic acids is 1. The quantitative estimate of drug-likeness (QED) is 0.377. The van der Waals surface area contributed by atoms with E-state index in [9.17, 15) is 4.79 Å². The number of ether oxygens (including phenoxy) is 2. The SMILES string of the molecule is C=C1CCC2OC2(C)CC[C@@H]2[C@H]1OC(=O)C2(C)C. The number of rotatable bonds is 0. The van der Waals surface area contributed by atoms with Crippen LogP contribution in [0.4, 0.5) is 0 Å². The number of hydrogen-bond donors (Lipinski definition) is 0. The normalized spacial score (nSPS) is 46.3. The maximum absolute atomic E-state index is 12.0. The Morgan fingerprint density at radius 2 is 2.00 bits per heavy atom. The first-order valence-electron chi connectivity index (χ1n) is 6.91. The first kappa shape index (κ1) is 12.2. The van der Waals surface area contributed by atoms with Crippen molar-refractivity contribution in [2.24, 2.45) is 11.3 Å². The first-order valence-corrected chi connectivity index (χ1v) is 6.91. The molecule has 3 nitrogen and oxygen atoms in total. The Kier molecular flexibility index (Phi) is 2.44. The second-order valence-corrected chi connectivity index (χ2v) is 6.81. The molecule has 2 saturated heterocycles. The molecule has 0 radical (unpaired) electrons. The van der Waals surface area contributed by atoms with Crippen molar-refractivity contribution < 1.29 is 14.3 Å². The molecular formula is C15H22O3. The highest BCUT2D eigenvalue weighted by Crippen LogP contribution is 2.51. The summed E-state index contributed by atoms with van der Waals surface area (Å²) in [6.45, 7) is 10.3. The lowest BCUT2D eigenvalue weighted by Gasteiger charge is -2.26. The third kappa shape index (κ3) is 1.63. The van der Waals surface area contributed by atoms with E-state index in [1.807, 2.05) is 13.8 Å². The van der Waals surface area contributed by atoms with E-state index < -0.39 is 5.41 Å². The second kappa shape index (κ2) is 3.60. The van der Waals surface area contributed by atoms with Gasteiger partial charge in [0, 0.05) is 5.92 Å². The van der Waals surface area contributed by atoms with Gasteiger partial charge in [0.25, 0.3) is 0 Å². The van der Waals surface area contributed by atoms with Crippen LogP contribution in [-0.2, 0) is 14.3 Å². The summed E-state index contributed by atoms with van der Waals surface area (Å²) in [6.07, 6.45) is 4.23. The zero-order valence-corrected chi connectivity index (χ0v) is 11.5. The minimum atomic E-state index is -0.390. The molecule has 18 heavy (non-hydrogen) atoms. The van der Waals surface area contributed by atoms with Crippen LogP contribution in [0, 0.1) is 11.3 Å². The predicted molar refractivity (Wildman–Crippen MR) is 68.0 cm³/mol. The van der Waals surface area contributed by atoms with Crippen molar-refractivity contribution in [2.45, 2.75) is 64.3 Å². The number of epoxide rings is 1. The van der Waals surface area contributed by atoms with E-state index in [1.165, 1.54) is 0 Å².